The van der Waals surface area contributed by atoms with E-state index in [1.807, 2.05) is 0 Å². The minimum atomic E-state index is -1.19. The number of rotatable bonds is 2. The van der Waals surface area contributed by atoms with Crippen molar-refractivity contribution in [2.45, 2.75) is 0 Å². The zero-order valence-corrected chi connectivity index (χ0v) is 6.41. The van der Waals surface area contributed by atoms with Crippen LogP contribution < -0.4 is 36.6 Å². The molecule has 0 fully saturated rings. The van der Waals surface area contributed by atoms with Crippen molar-refractivity contribution in [2.75, 3.05) is 0 Å². The Hall–Kier alpha value is -0.570. The number of carbonyl (C=O) groups is 2. The van der Waals surface area contributed by atoms with Gasteiger partial charge in [-0.1, -0.05) is 0 Å². The van der Waals surface area contributed by atoms with Gasteiger partial charge in [-0.25, -0.2) is 0 Å². The Labute approximate surface area is 61.5 Å². The van der Waals surface area contributed by atoms with Crippen LogP contribution in [0.2, 0.25) is 0 Å². The van der Waals surface area contributed by atoms with Crippen LogP contribution in [0.3, 0.4) is 0 Å². The molecule has 0 spiro atoms. The van der Waals surface area contributed by atoms with Crippen molar-refractivity contribution < 1.29 is 35.9 Å². The molecule has 0 rings (SSSR count). The van der Waals surface area contributed by atoms with E-state index in [1.165, 1.54) is 0 Å². The topological polar surface area (TPSA) is 107 Å². The molecule has 0 aromatic rings. The van der Waals surface area contributed by atoms with Crippen molar-refractivity contribution in [1.29, 1.82) is 0 Å². The average molecular weight is 246 g/mol. The average Bonchev–Trinajstić information content (AvgIpc) is 1.83. The number of carbonyl (C=O) groups excluding carboxylic acids is 2. The number of primary amides is 1. The standard InChI is InChI=1S/C2H5IN3O3/c4-2(8)6-3-1(7)9-5/h5H2,(H3,4,6,8)/q-1. The van der Waals surface area contributed by atoms with E-state index in [2.05, 4.69) is 20.0 Å². The van der Waals surface area contributed by atoms with Crippen LogP contribution in [-0.4, -0.2) is 10.0 Å². The number of hydrogen-bond acceptors (Lipinski definition) is 4. The number of nitrogens with two attached hydrogens (primary N) is 2. The van der Waals surface area contributed by atoms with Crippen LogP contribution >= 0.6 is 0 Å². The molecule has 9 heavy (non-hydrogen) atoms. The molecule has 0 heterocycles. The Balaban J connectivity index is 3.28. The second-order valence-electron chi connectivity index (χ2n) is 0.909. The summed E-state index contributed by atoms with van der Waals surface area (Å²) in [7, 11) is 0. The van der Waals surface area contributed by atoms with E-state index < -0.39 is 31.5 Å². The van der Waals surface area contributed by atoms with E-state index in [0.29, 0.717) is 0 Å². The van der Waals surface area contributed by atoms with Gasteiger partial charge in [-0.15, -0.1) is 0 Å². The first-order chi connectivity index (χ1) is 4.16. The van der Waals surface area contributed by atoms with Gasteiger partial charge in [0.25, 0.3) is 0 Å². The van der Waals surface area contributed by atoms with Crippen LogP contribution in [0.25, 0.3) is 0 Å². The second-order valence-corrected chi connectivity index (χ2v) is 2.87. The van der Waals surface area contributed by atoms with E-state index in [9.17, 15) is 9.59 Å². The van der Waals surface area contributed by atoms with Gasteiger partial charge in [-0.3, -0.25) is 0 Å². The van der Waals surface area contributed by atoms with Crippen LogP contribution in [-0.2, 0) is 4.84 Å². The van der Waals surface area contributed by atoms with Gasteiger partial charge < -0.3 is 0 Å². The Kier molecular flexibility index (Phi) is 4.05. The third-order valence-corrected chi connectivity index (χ3v) is 1.81. The normalized spacial score (nSPS) is 8.56. The van der Waals surface area contributed by atoms with Gasteiger partial charge in [0.15, 0.2) is 0 Å². The molecule has 0 unspecified atom stereocenters. The van der Waals surface area contributed by atoms with E-state index in [0.717, 1.165) is 0 Å². The molecule has 0 radical (unpaired) electrons. The summed E-state index contributed by atoms with van der Waals surface area (Å²) < 4.78 is 1.46. The fourth-order valence-electron chi connectivity index (χ4n) is 0.107. The molecule has 0 aliphatic heterocycles. The molecule has 0 aliphatic carbocycles. The van der Waals surface area contributed by atoms with Crippen molar-refractivity contribution >= 4 is 10.0 Å². The number of hydrogen-bond donors (Lipinski definition) is 3. The fraction of sp³-hybridized carbons (Fsp3) is 0. The third kappa shape index (κ3) is 5.30. The SMILES string of the molecule is NOC(=O)[I-]NC(N)=O. The summed E-state index contributed by atoms with van der Waals surface area (Å²) in [4.78, 5) is 23.8. The summed E-state index contributed by atoms with van der Waals surface area (Å²) in [6.07, 6.45) is 0. The second kappa shape index (κ2) is 4.32. The van der Waals surface area contributed by atoms with Gasteiger partial charge in [-0.2, -0.15) is 0 Å². The summed E-state index contributed by atoms with van der Waals surface area (Å²) >= 11 is -1.19. The molecular weight excluding hydrogens is 241 g/mol. The molecule has 2 amide bonds. The van der Waals surface area contributed by atoms with Crippen molar-refractivity contribution in [3.8, 4) is 0 Å². The zero-order valence-electron chi connectivity index (χ0n) is 4.26. The monoisotopic (exact) mass is 246 g/mol. The van der Waals surface area contributed by atoms with Crippen molar-refractivity contribution in [1.82, 2.24) is 3.53 Å². The summed E-state index contributed by atoms with van der Waals surface area (Å²) in [6.45, 7) is 0. The number of amides is 2. The van der Waals surface area contributed by atoms with E-state index in [4.69, 9.17) is 0 Å². The fourth-order valence-corrected chi connectivity index (χ4v) is 0.721. The number of halogens is 1. The Bertz CT molecular complexity index is 126. The van der Waals surface area contributed by atoms with Crippen LogP contribution in [0.4, 0.5) is 9.59 Å². The Morgan fingerprint density at radius 1 is 1.56 bits per heavy atom. The maximum absolute atomic E-state index is 10.1. The molecule has 0 aromatic heterocycles. The van der Waals surface area contributed by atoms with Crippen molar-refractivity contribution in [3.63, 3.8) is 0 Å². The van der Waals surface area contributed by atoms with E-state index >= 15 is 0 Å². The summed E-state index contributed by atoms with van der Waals surface area (Å²) in [5, 5.41) is 0. The summed E-state index contributed by atoms with van der Waals surface area (Å²) in [5.41, 5.74) is 4.62. The van der Waals surface area contributed by atoms with Crippen LogP contribution in [0.15, 0.2) is 0 Å². The Morgan fingerprint density at radius 3 is 2.44 bits per heavy atom. The van der Waals surface area contributed by atoms with Gasteiger partial charge in [0.2, 0.25) is 0 Å². The molecule has 5 N–H and O–H groups in total. The molecule has 0 atom stereocenters. The van der Waals surface area contributed by atoms with Gasteiger partial charge in [-0.05, 0) is 0 Å². The van der Waals surface area contributed by atoms with Crippen LogP contribution in [0.5, 0.6) is 0 Å². The van der Waals surface area contributed by atoms with Crippen LogP contribution in [0.1, 0.15) is 0 Å². The molecule has 0 saturated heterocycles. The van der Waals surface area contributed by atoms with Crippen molar-refractivity contribution in [3.05, 3.63) is 0 Å². The first-order valence-electron chi connectivity index (χ1n) is 1.76. The molecule has 0 aliphatic rings. The van der Waals surface area contributed by atoms with E-state index in [1.54, 1.807) is 0 Å². The van der Waals surface area contributed by atoms with Crippen molar-refractivity contribution in [2.24, 2.45) is 11.6 Å². The van der Waals surface area contributed by atoms with Gasteiger partial charge in [0.05, 0.1) is 0 Å². The van der Waals surface area contributed by atoms with Gasteiger partial charge in [0.1, 0.15) is 0 Å². The number of urea groups is 1. The summed E-state index contributed by atoms with van der Waals surface area (Å²) in [5.74, 6) is 4.44. The molecule has 0 saturated carbocycles. The third-order valence-electron chi connectivity index (χ3n) is 0.310. The predicted molar refractivity (Wildman–Crippen MR) is 23.4 cm³/mol. The van der Waals surface area contributed by atoms with Gasteiger partial charge >= 0.3 is 61.1 Å². The van der Waals surface area contributed by atoms with E-state index in [-0.39, 0.29) is 0 Å². The first-order valence-corrected chi connectivity index (χ1v) is 3.92. The minimum absolute atomic E-state index is 0.632. The zero-order chi connectivity index (χ0) is 7.28. The number of nitrogens with one attached hydrogen (secondary N) is 1. The maximum atomic E-state index is 10.1. The predicted octanol–water partition coefficient (Wildman–Crippen LogP) is -4.33. The first kappa shape index (κ1) is 8.43. The molecule has 54 valence electrons. The molecule has 0 bridgehead atoms. The molecule has 6 nitrogen and oxygen atoms in total. The molecule has 0 aromatic carbocycles. The molecule has 7 heteroatoms. The Morgan fingerprint density at radius 2 is 2.11 bits per heavy atom. The van der Waals surface area contributed by atoms with Gasteiger partial charge in [0, 0.05) is 0 Å². The summed E-state index contributed by atoms with van der Waals surface area (Å²) in [6, 6.07) is -0.742. The quantitative estimate of drug-likeness (QED) is 0.198. The molecular formula is C2H5IN3O3-. The van der Waals surface area contributed by atoms with Crippen LogP contribution in [0, 0.1) is 0 Å².